The van der Waals surface area contributed by atoms with E-state index in [0.717, 1.165) is 12.1 Å². The number of benzene rings is 1. The third-order valence-corrected chi connectivity index (χ3v) is 3.57. The number of rotatable bonds is 4. The summed E-state index contributed by atoms with van der Waals surface area (Å²) in [7, 11) is -3.88. The van der Waals surface area contributed by atoms with E-state index in [1.165, 1.54) is 6.07 Å². The smallest absolute Gasteiger partial charge is 0.243 e. The maximum absolute atomic E-state index is 13.3. The van der Waals surface area contributed by atoms with Crippen LogP contribution in [0.3, 0.4) is 0 Å². The van der Waals surface area contributed by atoms with Gasteiger partial charge >= 0.3 is 0 Å². The van der Waals surface area contributed by atoms with E-state index in [2.05, 4.69) is 20.7 Å². The van der Waals surface area contributed by atoms with E-state index in [1.807, 2.05) is 0 Å². The summed E-state index contributed by atoms with van der Waals surface area (Å²) in [4.78, 5) is -0.431. The highest BCUT2D eigenvalue weighted by Gasteiger charge is 2.18. The number of aliphatic hydroxyl groups is 1. The van der Waals surface area contributed by atoms with Crippen molar-refractivity contribution in [2.24, 2.45) is 0 Å². The summed E-state index contributed by atoms with van der Waals surface area (Å²) in [5, 5.41) is 8.46. The van der Waals surface area contributed by atoms with Gasteiger partial charge in [-0.2, -0.15) is 0 Å². The van der Waals surface area contributed by atoms with Crippen molar-refractivity contribution >= 4 is 26.0 Å². The molecular weight excluding hydrogens is 289 g/mol. The fourth-order valence-corrected chi connectivity index (χ4v) is 2.36. The van der Waals surface area contributed by atoms with Gasteiger partial charge in [0.15, 0.2) is 0 Å². The fraction of sp³-hybridized carbons (Fsp3) is 0.250. The molecule has 0 aliphatic heterocycles. The second kappa shape index (κ2) is 5.02. The number of aliphatic hydroxyl groups excluding tert-OH is 1. The van der Waals surface area contributed by atoms with E-state index >= 15 is 0 Å². The van der Waals surface area contributed by atoms with Crippen LogP contribution in [0, 0.1) is 5.82 Å². The summed E-state index contributed by atoms with van der Waals surface area (Å²) in [5.74, 6) is -0.838. The van der Waals surface area contributed by atoms with Crippen molar-refractivity contribution < 1.29 is 17.9 Å². The Balaban J connectivity index is 3.05. The van der Waals surface area contributed by atoms with Crippen molar-refractivity contribution in [1.82, 2.24) is 4.72 Å². The Labute approximate surface area is 95.3 Å². The Morgan fingerprint density at radius 3 is 2.67 bits per heavy atom. The molecule has 4 nitrogen and oxygen atoms in total. The Morgan fingerprint density at radius 1 is 1.47 bits per heavy atom. The zero-order valence-corrected chi connectivity index (χ0v) is 9.98. The summed E-state index contributed by atoms with van der Waals surface area (Å²) in [5.41, 5.74) is 0. The highest BCUT2D eigenvalue weighted by molar-refractivity contribution is 9.10. The third-order valence-electron chi connectivity index (χ3n) is 1.59. The molecule has 1 aromatic carbocycles. The van der Waals surface area contributed by atoms with Crippen LogP contribution in [0.5, 0.6) is 0 Å². The molecule has 0 radical (unpaired) electrons. The highest BCUT2D eigenvalue weighted by atomic mass is 79.9. The summed E-state index contributed by atoms with van der Waals surface area (Å²) < 4.78 is 38.7. The van der Waals surface area contributed by atoms with Gasteiger partial charge in [0.1, 0.15) is 10.7 Å². The van der Waals surface area contributed by atoms with Crippen molar-refractivity contribution in [2.75, 3.05) is 13.2 Å². The maximum atomic E-state index is 13.3. The van der Waals surface area contributed by atoms with E-state index in [0.29, 0.717) is 4.47 Å². The van der Waals surface area contributed by atoms with Crippen LogP contribution in [0.4, 0.5) is 4.39 Å². The summed E-state index contributed by atoms with van der Waals surface area (Å²) in [6.45, 7) is -0.477. The van der Waals surface area contributed by atoms with Crippen LogP contribution in [-0.4, -0.2) is 26.7 Å². The lowest BCUT2D eigenvalue weighted by atomic mass is 10.3. The minimum absolute atomic E-state index is 0.141. The van der Waals surface area contributed by atoms with Gasteiger partial charge in [-0.3, -0.25) is 0 Å². The lowest BCUT2D eigenvalue weighted by molar-refractivity contribution is 0.301. The lowest BCUT2D eigenvalue weighted by Gasteiger charge is -2.06. The molecule has 1 aromatic rings. The monoisotopic (exact) mass is 297 g/mol. The van der Waals surface area contributed by atoms with Crippen molar-refractivity contribution in [3.8, 4) is 0 Å². The molecule has 2 N–H and O–H groups in total. The van der Waals surface area contributed by atoms with Gasteiger partial charge < -0.3 is 5.11 Å². The third kappa shape index (κ3) is 3.23. The Hall–Kier alpha value is -0.500. The Kier molecular flexibility index (Phi) is 4.21. The Morgan fingerprint density at radius 2 is 2.13 bits per heavy atom. The molecule has 0 fully saturated rings. The maximum Gasteiger partial charge on any atom is 0.243 e. The second-order valence-corrected chi connectivity index (χ2v) is 5.35. The van der Waals surface area contributed by atoms with Gasteiger partial charge in [0.2, 0.25) is 10.0 Å². The first-order valence-electron chi connectivity index (χ1n) is 4.03. The molecule has 0 saturated heterocycles. The average Bonchev–Trinajstić information content (AvgIpc) is 2.14. The first-order chi connectivity index (χ1) is 6.97. The Bertz CT molecular complexity index is 449. The van der Waals surface area contributed by atoms with Crippen LogP contribution in [-0.2, 0) is 10.0 Å². The molecule has 0 unspecified atom stereocenters. The van der Waals surface area contributed by atoms with E-state index in [-0.39, 0.29) is 13.2 Å². The summed E-state index contributed by atoms with van der Waals surface area (Å²) in [6, 6.07) is 3.64. The lowest BCUT2D eigenvalue weighted by Crippen LogP contribution is -2.27. The molecule has 0 aromatic heterocycles. The molecular formula is C8H9BrFNO3S. The van der Waals surface area contributed by atoms with Crippen molar-refractivity contribution in [3.05, 3.63) is 28.5 Å². The standard InChI is InChI=1S/C8H9BrFNO3S/c9-6-1-2-8(7(10)5-6)15(13,14)11-3-4-12/h1-2,5,11-12H,3-4H2. The first kappa shape index (κ1) is 12.6. The van der Waals surface area contributed by atoms with E-state index in [4.69, 9.17) is 5.11 Å². The fourth-order valence-electron chi connectivity index (χ4n) is 0.951. The quantitative estimate of drug-likeness (QED) is 0.866. The molecule has 1 rings (SSSR count). The normalized spacial score (nSPS) is 11.7. The van der Waals surface area contributed by atoms with Gasteiger partial charge in [-0.05, 0) is 18.2 Å². The van der Waals surface area contributed by atoms with Crippen molar-refractivity contribution in [3.63, 3.8) is 0 Å². The number of hydrogen-bond acceptors (Lipinski definition) is 3. The molecule has 0 bridgehead atoms. The molecule has 15 heavy (non-hydrogen) atoms. The largest absolute Gasteiger partial charge is 0.395 e. The molecule has 0 heterocycles. The molecule has 84 valence electrons. The summed E-state index contributed by atoms with van der Waals surface area (Å²) >= 11 is 3.02. The van der Waals surface area contributed by atoms with E-state index in [9.17, 15) is 12.8 Å². The molecule has 0 spiro atoms. The topological polar surface area (TPSA) is 66.4 Å². The molecule has 0 saturated carbocycles. The van der Waals surface area contributed by atoms with Gasteiger partial charge in [-0.15, -0.1) is 0 Å². The van der Waals surface area contributed by atoms with Gasteiger partial charge in [0, 0.05) is 11.0 Å². The second-order valence-electron chi connectivity index (χ2n) is 2.70. The average molecular weight is 298 g/mol. The van der Waals surface area contributed by atoms with Gasteiger partial charge in [-0.1, -0.05) is 15.9 Å². The van der Waals surface area contributed by atoms with Crippen LogP contribution >= 0.6 is 15.9 Å². The SMILES string of the molecule is O=S(=O)(NCCO)c1ccc(Br)cc1F. The molecule has 0 amide bonds. The van der Waals surface area contributed by atoms with Crippen LogP contribution < -0.4 is 4.72 Å². The van der Waals surface area contributed by atoms with Gasteiger partial charge in [0.05, 0.1) is 6.61 Å². The summed E-state index contributed by atoms with van der Waals surface area (Å²) in [6.07, 6.45) is 0. The minimum Gasteiger partial charge on any atom is -0.395 e. The zero-order valence-electron chi connectivity index (χ0n) is 7.57. The first-order valence-corrected chi connectivity index (χ1v) is 6.30. The van der Waals surface area contributed by atoms with Crippen molar-refractivity contribution in [2.45, 2.75) is 4.90 Å². The zero-order chi connectivity index (χ0) is 11.5. The molecule has 0 aliphatic carbocycles. The number of hydrogen-bond donors (Lipinski definition) is 2. The van der Waals surface area contributed by atoms with Crippen LogP contribution in [0.25, 0.3) is 0 Å². The molecule has 0 aliphatic rings. The minimum atomic E-state index is -3.88. The van der Waals surface area contributed by atoms with Crippen LogP contribution in [0.2, 0.25) is 0 Å². The number of halogens is 2. The highest BCUT2D eigenvalue weighted by Crippen LogP contribution is 2.18. The van der Waals surface area contributed by atoms with E-state index < -0.39 is 20.7 Å². The predicted molar refractivity (Wildman–Crippen MR) is 56.4 cm³/mol. The van der Waals surface area contributed by atoms with Crippen LogP contribution in [0.15, 0.2) is 27.6 Å². The van der Waals surface area contributed by atoms with E-state index in [1.54, 1.807) is 0 Å². The molecule has 0 atom stereocenters. The number of nitrogens with one attached hydrogen (secondary N) is 1. The number of sulfonamides is 1. The van der Waals surface area contributed by atoms with Gasteiger partial charge in [-0.25, -0.2) is 17.5 Å². The van der Waals surface area contributed by atoms with Crippen molar-refractivity contribution in [1.29, 1.82) is 0 Å². The predicted octanol–water partition coefficient (Wildman–Crippen LogP) is 0.859. The van der Waals surface area contributed by atoms with Gasteiger partial charge in [0.25, 0.3) is 0 Å². The van der Waals surface area contributed by atoms with Crippen LogP contribution in [0.1, 0.15) is 0 Å². The molecule has 7 heteroatoms.